The molecule has 1 aliphatic rings. The van der Waals surface area contributed by atoms with Crippen molar-refractivity contribution in [2.45, 2.75) is 12.5 Å². The number of carbonyl (C=O) groups excluding carboxylic acids is 1. The molecule has 1 fully saturated rings. The van der Waals surface area contributed by atoms with Crippen LogP contribution in [0.2, 0.25) is 0 Å². The zero-order chi connectivity index (χ0) is 14.2. The second-order valence-corrected chi connectivity index (χ2v) is 7.05. The second kappa shape index (κ2) is 4.82. The van der Waals surface area contributed by atoms with Crippen molar-refractivity contribution in [2.75, 3.05) is 11.5 Å². The van der Waals surface area contributed by atoms with Crippen LogP contribution in [0, 0.1) is 0 Å². The van der Waals surface area contributed by atoms with Gasteiger partial charge in [0, 0.05) is 6.04 Å². The van der Waals surface area contributed by atoms with Gasteiger partial charge in [-0.1, -0.05) is 12.1 Å². The number of amides is 1. The van der Waals surface area contributed by atoms with Crippen LogP contribution in [-0.4, -0.2) is 41.8 Å². The minimum atomic E-state index is -3.01. The first-order valence-electron chi connectivity index (χ1n) is 6.27. The van der Waals surface area contributed by atoms with Crippen molar-refractivity contribution < 1.29 is 13.2 Å². The van der Waals surface area contributed by atoms with Crippen molar-refractivity contribution in [3.63, 3.8) is 0 Å². The van der Waals surface area contributed by atoms with Gasteiger partial charge in [0.1, 0.15) is 5.69 Å². The standard InChI is InChI=1S/C13H13N3O3S/c17-13(15-9-5-6-20(18,19)8-9)12-7-14-10-3-1-2-4-11(10)16-12/h1-4,7,9H,5-6,8H2,(H,15,17). The van der Waals surface area contributed by atoms with Crippen molar-refractivity contribution >= 4 is 26.8 Å². The van der Waals surface area contributed by atoms with Gasteiger partial charge in [-0.3, -0.25) is 9.78 Å². The zero-order valence-corrected chi connectivity index (χ0v) is 11.4. The molecule has 2 heterocycles. The molecule has 1 aromatic carbocycles. The van der Waals surface area contributed by atoms with Gasteiger partial charge in [-0.25, -0.2) is 13.4 Å². The smallest absolute Gasteiger partial charge is 0.271 e. The summed E-state index contributed by atoms with van der Waals surface area (Å²) in [6, 6.07) is 6.93. The fourth-order valence-electron chi connectivity index (χ4n) is 2.23. The third-order valence-corrected chi connectivity index (χ3v) is 5.02. The van der Waals surface area contributed by atoms with Gasteiger partial charge in [-0.05, 0) is 18.6 Å². The lowest BCUT2D eigenvalue weighted by Gasteiger charge is -2.10. The summed E-state index contributed by atoms with van der Waals surface area (Å²) in [5.41, 5.74) is 1.56. The monoisotopic (exact) mass is 291 g/mol. The topological polar surface area (TPSA) is 89.0 Å². The molecule has 1 aliphatic heterocycles. The van der Waals surface area contributed by atoms with Crippen LogP contribution in [0.5, 0.6) is 0 Å². The Morgan fingerprint density at radius 1 is 1.25 bits per heavy atom. The van der Waals surface area contributed by atoms with E-state index < -0.39 is 9.84 Å². The van der Waals surface area contributed by atoms with Gasteiger partial charge < -0.3 is 5.32 Å². The van der Waals surface area contributed by atoms with E-state index in [0.29, 0.717) is 17.5 Å². The second-order valence-electron chi connectivity index (χ2n) is 4.82. The lowest BCUT2D eigenvalue weighted by atomic mass is 10.2. The summed E-state index contributed by atoms with van der Waals surface area (Å²) >= 11 is 0. The largest absolute Gasteiger partial charge is 0.347 e. The van der Waals surface area contributed by atoms with E-state index in [0.717, 1.165) is 0 Å². The van der Waals surface area contributed by atoms with Crippen LogP contribution in [0.4, 0.5) is 0 Å². The first-order valence-corrected chi connectivity index (χ1v) is 8.09. The van der Waals surface area contributed by atoms with Crippen molar-refractivity contribution in [3.8, 4) is 0 Å². The number of aromatic nitrogens is 2. The predicted molar refractivity (Wildman–Crippen MR) is 74.1 cm³/mol. The Morgan fingerprint density at radius 2 is 2.00 bits per heavy atom. The predicted octanol–water partition coefficient (Wildman–Crippen LogP) is 0.547. The van der Waals surface area contributed by atoms with Crippen molar-refractivity contribution in [3.05, 3.63) is 36.2 Å². The summed E-state index contributed by atoms with van der Waals surface area (Å²) in [6.07, 6.45) is 1.86. The van der Waals surface area contributed by atoms with Crippen LogP contribution in [0.1, 0.15) is 16.9 Å². The quantitative estimate of drug-likeness (QED) is 0.872. The highest BCUT2D eigenvalue weighted by Crippen LogP contribution is 2.13. The number of hydrogen-bond acceptors (Lipinski definition) is 5. The Morgan fingerprint density at radius 3 is 2.70 bits per heavy atom. The van der Waals surface area contributed by atoms with Gasteiger partial charge in [0.25, 0.3) is 5.91 Å². The molecule has 20 heavy (non-hydrogen) atoms. The van der Waals surface area contributed by atoms with Crippen LogP contribution in [0.3, 0.4) is 0 Å². The van der Waals surface area contributed by atoms with Gasteiger partial charge in [0.05, 0.1) is 28.7 Å². The number of carbonyl (C=O) groups is 1. The number of hydrogen-bond donors (Lipinski definition) is 1. The summed E-state index contributed by atoms with van der Waals surface area (Å²) in [6.45, 7) is 0. The molecular formula is C13H13N3O3S. The number of nitrogens with zero attached hydrogens (tertiary/aromatic N) is 2. The van der Waals surface area contributed by atoms with E-state index in [4.69, 9.17) is 0 Å². The molecule has 3 rings (SSSR count). The van der Waals surface area contributed by atoms with E-state index in [9.17, 15) is 13.2 Å². The summed E-state index contributed by atoms with van der Waals surface area (Å²) < 4.78 is 22.7. The number of fused-ring (bicyclic) bond motifs is 1. The highest BCUT2D eigenvalue weighted by atomic mass is 32.2. The molecule has 2 aromatic rings. The fraction of sp³-hybridized carbons (Fsp3) is 0.308. The average molecular weight is 291 g/mol. The van der Waals surface area contributed by atoms with E-state index in [1.54, 1.807) is 6.07 Å². The van der Waals surface area contributed by atoms with Crippen LogP contribution in [0.15, 0.2) is 30.5 Å². The highest BCUT2D eigenvalue weighted by molar-refractivity contribution is 7.91. The Kier molecular flexibility index (Phi) is 3.13. The Labute approximate surface area is 116 Å². The SMILES string of the molecule is O=C(NC1CCS(=O)(=O)C1)c1cnc2ccccc2n1. The molecule has 1 unspecified atom stereocenters. The third-order valence-electron chi connectivity index (χ3n) is 3.25. The molecule has 1 saturated heterocycles. The summed E-state index contributed by atoms with van der Waals surface area (Å²) in [5, 5.41) is 2.69. The van der Waals surface area contributed by atoms with Crippen LogP contribution in [0.25, 0.3) is 11.0 Å². The number of sulfone groups is 1. The minimum Gasteiger partial charge on any atom is -0.347 e. The molecule has 0 bridgehead atoms. The van der Waals surface area contributed by atoms with E-state index in [2.05, 4.69) is 15.3 Å². The van der Waals surface area contributed by atoms with Gasteiger partial charge in [0.2, 0.25) is 0 Å². The molecule has 1 amide bonds. The summed E-state index contributed by atoms with van der Waals surface area (Å²) in [4.78, 5) is 20.4. The Hall–Kier alpha value is -2.02. The number of para-hydroxylation sites is 2. The summed E-state index contributed by atoms with van der Waals surface area (Å²) in [7, 11) is -3.01. The fourth-order valence-corrected chi connectivity index (χ4v) is 3.91. The maximum atomic E-state index is 12.0. The molecule has 6 nitrogen and oxygen atoms in total. The van der Waals surface area contributed by atoms with E-state index in [1.807, 2.05) is 18.2 Å². The molecule has 1 N–H and O–H groups in total. The first-order chi connectivity index (χ1) is 9.53. The van der Waals surface area contributed by atoms with Crippen molar-refractivity contribution in [1.82, 2.24) is 15.3 Å². The zero-order valence-electron chi connectivity index (χ0n) is 10.6. The van der Waals surface area contributed by atoms with E-state index in [1.165, 1.54) is 6.20 Å². The maximum absolute atomic E-state index is 12.0. The van der Waals surface area contributed by atoms with Gasteiger partial charge in [-0.15, -0.1) is 0 Å². The van der Waals surface area contributed by atoms with Crippen LogP contribution >= 0.6 is 0 Å². The molecule has 1 atom stereocenters. The van der Waals surface area contributed by atoms with E-state index >= 15 is 0 Å². The minimum absolute atomic E-state index is 0.000248. The number of rotatable bonds is 2. The Balaban J connectivity index is 1.79. The normalized spacial score (nSPS) is 20.9. The van der Waals surface area contributed by atoms with Crippen LogP contribution in [-0.2, 0) is 9.84 Å². The molecule has 104 valence electrons. The molecule has 7 heteroatoms. The van der Waals surface area contributed by atoms with Crippen molar-refractivity contribution in [2.24, 2.45) is 0 Å². The number of benzene rings is 1. The number of nitrogens with one attached hydrogen (secondary N) is 1. The molecule has 1 aromatic heterocycles. The van der Waals surface area contributed by atoms with E-state index in [-0.39, 0.29) is 29.1 Å². The van der Waals surface area contributed by atoms with Crippen molar-refractivity contribution in [1.29, 1.82) is 0 Å². The molecule has 0 aliphatic carbocycles. The first kappa shape index (κ1) is 13.0. The van der Waals surface area contributed by atoms with Crippen LogP contribution < -0.4 is 5.32 Å². The molecule has 0 spiro atoms. The maximum Gasteiger partial charge on any atom is 0.271 e. The lowest BCUT2D eigenvalue weighted by molar-refractivity contribution is 0.0936. The average Bonchev–Trinajstić information content (AvgIpc) is 2.77. The third kappa shape index (κ3) is 2.62. The van der Waals surface area contributed by atoms with Gasteiger partial charge in [0.15, 0.2) is 9.84 Å². The highest BCUT2D eigenvalue weighted by Gasteiger charge is 2.29. The molecule has 0 saturated carbocycles. The Bertz CT molecular complexity index is 773. The lowest BCUT2D eigenvalue weighted by Crippen LogP contribution is -2.36. The molecular weight excluding hydrogens is 278 g/mol. The van der Waals surface area contributed by atoms with Gasteiger partial charge >= 0.3 is 0 Å². The molecule has 0 radical (unpaired) electrons. The summed E-state index contributed by atoms with van der Waals surface area (Å²) in [5.74, 6) is -0.258. The van der Waals surface area contributed by atoms with Gasteiger partial charge in [-0.2, -0.15) is 0 Å².